The third kappa shape index (κ3) is 5.35. The fraction of sp³-hybridized carbons (Fsp3) is 0.0345. The summed E-state index contributed by atoms with van der Waals surface area (Å²) in [4.78, 5) is 0. The second-order valence-electron chi connectivity index (χ2n) is 16.9. The Kier molecular flexibility index (Phi) is 7.48. The van der Waals surface area contributed by atoms with E-state index in [1.165, 1.54) is 120 Å². The van der Waals surface area contributed by atoms with Crippen molar-refractivity contribution in [3.05, 3.63) is 206 Å². The van der Waals surface area contributed by atoms with Gasteiger partial charge in [-0.05, 0) is 150 Å². The lowest BCUT2D eigenvalue weighted by molar-refractivity contribution is 1.61. The highest BCUT2D eigenvalue weighted by Crippen LogP contribution is 2.47. The van der Waals surface area contributed by atoms with E-state index in [0.29, 0.717) is 0 Å². The maximum absolute atomic E-state index is 2.61. The van der Waals surface area contributed by atoms with Crippen molar-refractivity contribution in [2.45, 2.75) is 13.1 Å². The Hall–Kier alpha value is -7.06. The maximum atomic E-state index is 2.61. The van der Waals surface area contributed by atoms with Crippen molar-refractivity contribution in [3.63, 3.8) is 0 Å². The first-order chi connectivity index (χ1) is 29.0. The minimum Gasteiger partial charge on any atom is -0.0616 e. The minimum atomic E-state index is -2.14. The second-order valence-corrected chi connectivity index (χ2v) is 21.2. The Morgan fingerprint density at radius 1 is 0.254 bits per heavy atom. The molecule has 59 heavy (non-hydrogen) atoms. The van der Waals surface area contributed by atoms with Crippen molar-refractivity contribution in [1.82, 2.24) is 0 Å². The molecule has 11 aromatic rings. The highest BCUT2D eigenvalue weighted by atomic mass is 28.3. The van der Waals surface area contributed by atoms with Crippen LogP contribution in [-0.4, -0.2) is 8.07 Å². The van der Waals surface area contributed by atoms with Crippen LogP contribution < -0.4 is 10.4 Å². The fourth-order valence-electron chi connectivity index (χ4n) is 10.1. The summed E-state index contributed by atoms with van der Waals surface area (Å²) in [5.41, 5.74) is 13.0. The molecule has 0 spiro atoms. The fourth-order valence-corrected chi connectivity index (χ4v) is 13.2. The lowest BCUT2D eigenvalue weighted by atomic mass is 9.84. The van der Waals surface area contributed by atoms with Gasteiger partial charge in [-0.2, -0.15) is 0 Å². The molecule has 0 aromatic heterocycles. The Bertz CT molecular complexity index is 3530. The van der Waals surface area contributed by atoms with E-state index >= 15 is 0 Å². The summed E-state index contributed by atoms with van der Waals surface area (Å²) < 4.78 is 0. The molecule has 0 nitrogen and oxygen atoms in total. The zero-order valence-corrected chi connectivity index (χ0v) is 34.1. The monoisotopic (exact) mass is 764 g/mol. The molecular formula is C58H40Si. The number of hydrogen-bond donors (Lipinski definition) is 0. The molecular weight excluding hydrogens is 725 g/mol. The smallest absolute Gasteiger partial charge is 0.0616 e. The van der Waals surface area contributed by atoms with Gasteiger partial charge >= 0.3 is 0 Å². The van der Waals surface area contributed by atoms with E-state index in [1.54, 1.807) is 0 Å². The predicted octanol–water partition coefficient (Wildman–Crippen LogP) is 14.9. The topological polar surface area (TPSA) is 0 Å². The van der Waals surface area contributed by atoms with Crippen molar-refractivity contribution in [2.75, 3.05) is 0 Å². The maximum Gasteiger partial charge on any atom is 0.113 e. The molecule has 0 saturated heterocycles. The van der Waals surface area contributed by atoms with E-state index in [0.717, 1.165) is 0 Å². The highest BCUT2D eigenvalue weighted by molar-refractivity contribution is 7.04. The molecule has 1 aliphatic heterocycles. The van der Waals surface area contributed by atoms with Crippen LogP contribution in [0.4, 0.5) is 0 Å². The van der Waals surface area contributed by atoms with Crippen LogP contribution in [0, 0.1) is 0 Å². The Morgan fingerprint density at radius 3 is 1.22 bits per heavy atom. The van der Waals surface area contributed by atoms with Gasteiger partial charge in [0.2, 0.25) is 0 Å². The van der Waals surface area contributed by atoms with E-state index in [-0.39, 0.29) is 0 Å². The van der Waals surface area contributed by atoms with Crippen molar-refractivity contribution in [2.24, 2.45) is 0 Å². The number of benzene rings is 11. The van der Waals surface area contributed by atoms with Crippen LogP contribution in [0.15, 0.2) is 206 Å². The largest absolute Gasteiger partial charge is 0.113 e. The van der Waals surface area contributed by atoms with Gasteiger partial charge in [0.05, 0.1) is 0 Å². The molecule has 0 amide bonds. The summed E-state index contributed by atoms with van der Waals surface area (Å²) in [6.07, 6.45) is 0. The molecule has 0 aliphatic carbocycles. The van der Waals surface area contributed by atoms with Crippen LogP contribution in [0.2, 0.25) is 13.1 Å². The Balaban J connectivity index is 1.08. The van der Waals surface area contributed by atoms with Crippen LogP contribution in [0.3, 0.4) is 0 Å². The third-order valence-electron chi connectivity index (χ3n) is 13.2. The van der Waals surface area contributed by atoms with Crippen LogP contribution >= 0.6 is 0 Å². The van der Waals surface area contributed by atoms with E-state index in [9.17, 15) is 0 Å². The molecule has 0 N–H and O–H groups in total. The molecule has 1 heteroatoms. The van der Waals surface area contributed by atoms with E-state index in [1.807, 2.05) is 0 Å². The molecule has 0 fully saturated rings. The molecule has 0 unspecified atom stereocenters. The SMILES string of the molecule is C[Si]1(C)c2cc(-c3cccc(-c4ccc5ccccc5c4)c3)ccc2-c2cc3c(-c4ccc5ccccc5c4)c4ccccc4c(-c4ccc5ccccc5c4)c3cc21. The molecule has 0 atom stereocenters. The average Bonchev–Trinajstić information content (AvgIpc) is 3.51. The van der Waals surface area contributed by atoms with E-state index in [4.69, 9.17) is 0 Å². The van der Waals surface area contributed by atoms with Crippen molar-refractivity contribution >= 4 is 72.3 Å². The van der Waals surface area contributed by atoms with Crippen LogP contribution in [-0.2, 0) is 0 Å². The number of fused-ring (bicyclic) bond motifs is 8. The van der Waals surface area contributed by atoms with Gasteiger partial charge < -0.3 is 0 Å². The quantitative estimate of drug-likeness (QED) is 0.124. The van der Waals surface area contributed by atoms with E-state index in [2.05, 4.69) is 219 Å². The minimum absolute atomic E-state index is 1.24. The first-order valence-electron chi connectivity index (χ1n) is 20.7. The normalized spacial score (nSPS) is 13.1. The zero-order chi connectivity index (χ0) is 39.2. The summed E-state index contributed by atoms with van der Waals surface area (Å²) >= 11 is 0. The van der Waals surface area contributed by atoms with Gasteiger partial charge in [0.1, 0.15) is 8.07 Å². The predicted molar refractivity (Wildman–Crippen MR) is 258 cm³/mol. The van der Waals surface area contributed by atoms with Gasteiger partial charge in [0.15, 0.2) is 0 Å². The molecule has 12 rings (SSSR count). The molecule has 0 bridgehead atoms. The third-order valence-corrected chi connectivity index (χ3v) is 16.7. The van der Waals surface area contributed by atoms with Gasteiger partial charge in [0.25, 0.3) is 0 Å². The first kappa shape index (κ1) is 34.0. The summed E-state index contributed by atoms with van der Waals surface area (Å²) in [5, 5.41) is 15.8. The summed E-state index contributed by atoms with van der Waals surface area (Å²) in [6, 6.07) is 77.6. The zero-order valence-electron chi connectivity index (χ0n) is 33.1. The lowest BCUT2D eigenvalue weighted by Gasteiger charge is -2.23. The summed E-state index contributed by atoms with van der Waals surface area (Å²) in [5.74, 6) is 0. The standard InChI is InChI=1S/C58H40Si/c1-59(2)55-34-46(44-19-11-18-43(31-44)45-25-22-37-12-3-6-15-40(37)30-45)28-29-49(55)52-35-53-54(36-56(52)59)58(48-27-24-39-14-5-8-17-42(39)33-48)51-21-10-9-20-50(51)57(53)47-26-23-38-13-4-7-16-41(38)32-47/h3-36H,1-2H3. The Morgan fingerprint density at radius 2 is 0.661 bits per heavy atom. The summed E-state index contributed by atoms with van der Waals surface area (Å²) in [7, 11) is -2.14. The van der Waals surface area contributed by atoms with Gasteiger partial charge in [0, 0.05) is 0 Å². The first-order valence-corrected chi connectivity index (χ1v) is 23.7. The van der Waals surface area contributed by atoms with Crippen LogP contribution in [0.25, 0.3) is 109 Å². The molecule has 1 heterocycles. The van der Waals surface area contributed by atoms with Crippen molar-refractivity contribution < 1.29 is 0 Å². The van der Waals surface area contributed by atoms with Gasteiger partial charge in [-0.25, -0.2) is 0 Å². The van der Waals surface area contributed by atoms with E-state index < -0.39 is 8.07 Å². The molecule has 1 aliphatic rings. The number of rotatable bonds is 4. The van der Waals surface area contributed by atoms with Crippen LogP contribution in [0.5, 0.6) is 0 Å². The van der Waals surface area contributed by atoms with Crippen molar-refractivity contribution in [3.8, 4) is 55.6 Å². The highest BCUT2D eigenvalue weighted by Gasteiger charge is 2.38. The molecule has 0 saturated carbocycles. The van der Waals surface area contributed by atoms with Gasteiger partial charge in [-0.1, -0.05) is 189 Å². The van der Waals surface area contributed by atoms with Crippen molar-refractivity contribution in [1.29, 1.82) is 0 Å². The molecule has 276 valence electrons. The van der Waals surface area contributed by atoms with Gasteiger partial charge in [-0.3, -0.25) is 0 Å². The average molecular weight is 765 g/mol. The Labute approximate surface area is 345 Å². The van der Waals surface area contributed by atoms with Gasteiger partial charge in [-0.15, -0.1) is 0 Å². The number of hydrogen-bond acceptors (Lipinski definition) is 0. The lowest BCUT2D eigenvalue weighted by Crippen LogP contribution is -2.49. The molecule has 11 aromatic carbocycles. The summed E-state index contributed by atoms with van der Waals surface area (Å²) in [6.45, 7) is 5.11. The molecule has 0 radical (unpaired) electrons. The van der Waals surface area contributed by atoms with Crippen LogP contribution in [0.1, 0.15) is 0 Å². The second kappa shape index (κ2) is 13.0.